The van der Waals surface area contributed by atoms with Crippen LogP contribution in [0.2, 0.25) is 0 Å². The van der Waals surface area contributed by atoms with Crippen LogP contribution in [0.25, 0.3) is 0 Å². The first-order valence-corrected chi connectivity index (χ1v) is 8.58. The zero-order valence-electron chi connectivity index (χ0n) is 11.2. The molecule has 2 atom stereocenters. The van der Waals surface area contributed by atoms with Gasteiger partial charge in [0.25, 0.3) is 0 Å². The van der Waals surface area contributed by atoms with Gasteiger partial charge < -0.3 is 10.0 Å². The number of likely N-dealkylation sites (N-methyl/N-ethyl adjacent to an activating group) is 1. The fraction of sp³-hybridized carbons (Fsp3) is 1.00. The van der Waals surface area contributed by atoms with Crippen molar-refractivity contribution in [2.75, 3.05) is 38.2 Å². The van der Waals surface area contributed by atoms with Crippen LogP contribution in [0.3, 0.4) is 0 Å². The van der Waals surface area contributed by atoms with Crippen LogP contribution in [0.4, 0.5) is 0 Å². The summed E-state index contributed by atoms with van der Waals surface area (Å²) >= 11 is 0. The van der Waals surface area contributed by atoms with E-state index in [-0.39, 0.29) is 17.5 Å². The van der Waals surface area contributed by atoms with Crippen LogP contribution >= 0.6 is 0 Å². The molecule has 106 valence electrons. The minimum atomic E-state index is -3.05. The molecule has 0 aliphatic carbocycles. The average molecular weight is 276 g/mol. The predicted molar refractivity (Wildman–Crippen MR) is 71.3 cm³/mol. The number of piperidine rings is 1. The van der Waals surface area contributed by atoms with E-state index in [9.17, 15) is 13.5 Å². The molecule has 2 aliphatic heterocycles. The molecular weight excluding hydrogens is 252 g/mol. The van der Waals surface area contributed by atoms with Crippen molar-refractivity contribution in [2.24, 2.45) is 0 Å². The third-order valence-electron chi connectivity index (χ3n) is 4.40. The first-order chi connectivity index (χ1) is 8.43. The molecule has 0 saturated carbocycles. The normalized spacial score (nSPS) is 34.2. The van der Waals surface area contributed by atoms with E-state index in [2.05, 4.69) is 16.7 Å². The lowest BCUT2D eigenvalue weighted by molar-refractivity contribution is 0.0471. The number of aliphatic hydroxyl groups excluding tert-OH is 1. The largest absolute Gasteiger partial charge is 0.390 e. The maximum absolute atomic E-state index is 11.5. The zero-order valence-corrected chi connectivity index (χ0v) is 12.1. The van der Waals surface area contributed by atoms with Gasteiger partial charge in [-0.1, -0.05) is 6.92 Å². The number of sulfone groups is 1. The van der Waals surface area contributed by atoms with Crippen LogP contribution in [-0.4, -0.2) is 79.7 Å². The van der Waals surface area contributed by atoms with Crippen molar-refractivity contribution >= 4 is 9.84 Å². The number of hydrogen-bond donors (Lipinski definition) is 1. The van der Waals surface area contributed by atoms with Crippen LogP contribution in [0, 0.1) is 0 Å². The van der Waals surface area contributed by atoms with Crippen molar-refractivity contribution in [1.29, 1.82) is 0 Å². The monoisotopic (exact) mass is 276 g/mol. The van der Waals surface area contributed by atoms with Crippen LogP contribution in [0.5, 0.6) is 0 Å². The maximum atomic E-state index is 11.5. The second kappa shape index (κ2) is 5.45. The SMILES string of the molecule is CCN1CCC(N(C)[C@@H]2CS(=O)(=O)C[C@H]2O)CC1. The van der Waals surface area contributed by atoms with Gasteiger partial charge in [0.1, 0.15) is 0 Å². The van der Waals surface area contributed by atoms with Gasteiger partial charge in [-0.25, -0.2) is 8.42 Å². The lowest BCUT2D eigenvalue weighted by Gasteiger charge is -2.39. The van der Waals surface area contributed by atoms with E-state index >= 15 is 0 Å². The van der Waals surface area contributed by atoms with E-state index in [0.29, 0.717) is 6.04 Å². The molecular formula is C12H24N2O3S. The second-order valence-corrected chi connectivity index (χ2v) is 7.70. The summed E-state index contributed by atoms with van der Waals surface area (Å²) in [6.07, 6.45) is 1.41. The smallest absolute Gasteiger partial charge is 0.154 e. The highest BCUT2D eigenvalue weighted by Crippen LogP contribution is 2.23. The summed E-state index contributed by atoms with van der Waals surface area (Å²) in [6.45, 7) is 5.39. The number of hydrogen-bond acceptors (Lipinski definition) is 5. The van der Waals surface area contributed by atoms with Crippen molar-refractivity contribution in [2.45, 2.75) is 38.0 Å². The van der Waals surface area contributed by atoms with Gasteiger partial charge in [-0.15, -0.1) is 0 Å². The Kier molecular flexibility index (Phi) is 4.31. The highest BCUT2D eigenvalue weighted by molar-refractivity contribution is 7.91. The number of nitrogens with zero attached hydrogens (tertiary/aromatic N) is 2. The topological polar surface area (TPSA) is 60.9 Å². The van der Waals surface area contributed by atoms with Gasteiger partial charge in [0.05, 0.1) is 23.7 Å². The maximum Gasteiger partial charge on any atom is 0.154 e. The Bertz CT molecular complexity index is 377. The molecule has 2 fully saturated rings. The Balaban J connectivity index is 1.94. The molecule has 2 heterocycles. The predicted octanol–water partition coefficient (Wildman–Crippen LogP) is -0.440. The van der Waals surface area contributed by atoms with Crippen molar-refractivity contribution < 1.29 is 13.5 Å². The molecule has 0 aromatic heterocycles. The number of aliphatic hydroxyl groups is 1. The summed E-state index contributed by atoms with van der Waals surface area (Å²) in [7, 11) is -1.09. The molecule has 0 bridgehead atoms. The van der Waals surface area contributed by atoms with Crippen LogP contribution in [0.1, 0.15) is 19.8 Å². The molecule has 0 spiro atoms. The Morgan fingerprint density at radius 3 is 2.33 bits per heavy atom. The minimum absolute atomic E-state index is 0.0736. The third-order valence-corrected chi connectivity index (χ3v) is 6.10. The van der Waals surface area contributed by atoms with Gasteiger partial charge in [0.2, 0.25) is 0 Å². The van der Waals surface area contributed by atoms with Crippen LogP contribution in [-0.2, 0) is 9.84 Å². The summed E-state index contributed by atoms with van der Waals surface area (Å²) in [5.41, 5.74) is 0. The molecule has 5 nitrogen and oxygen atoms in total. The summed E-state index contributed by atoms with van der Waals surface area (Å²) in [4.78, 5) is 4.51. The molecule has 0 amide bonds. The first kappa shape index (κ1) is 14.2. The van der Waals surface area contributed by atoms with E-state index in [4.69, 9.17) is 0 Å². The summed E-state index contributed by atoms with van der Waals surface area (Å²) in [5.74, 6) is 0.0362. The number of rotatable bonds is 3. The van der Waals surface area contributed by atoms with E-state index in [1.54, 1.807) is 0 Å². The summed E-state index contributed by atoms with van der Waals surface area (Å²) in [6, 6.07) is 0.189. The highest BCUT2D eigenvalue weighted by atomic mass is 32.2. The Hall–Kier alpha value is -0.170. The van der Waals surface area contributed by atoms with Crippen molar-refractivity contribution in [1.82, 2.24) is 9.80 Å². The third kappa shape index (κ3) is 3.04. The molecule has 2 saturated heterocycles. The molecule has 0 unspecified atom stereocenters. The van der Waals surface area contributed by atoms with Gasteiger partial charge in [-0.3, -0.25) is 4.90 Å². The lowest BCUT2D eigenvalue weighted by Crippen LogP contribution is -2.50. The molecule has 0 aromatic rings. The molecule has 2 aliphatic rings. The van der Waals surface area contributed by atoms with Crippen LogP contribution < -0.4 is 0 Å². The Labute approximate surface area is 110 Å². The van der Waals surface area contributed by atoms with E-state index < -0.39 is 15.9 Å². The average Bonchev–Trinajstić information content (AvgIpc) is 2.62. The lowest BCUT2D eigenvalue weighted by atomic mass is 10.0. The van der Waals surface area contributed by atoms with Gasteiger partial charge >= 0.3 is 0 Å². The molecule has 1 N–H and O–H groups in total. The first-order valence-electron chi connectivity index (χ1n) is 6.75. The molecule has 18 heavy (non-hydrogen) atoms. The molecule has 0 radical (unpaired) electrons. The molecule has 0 aromatic carbocycles. The number of likely N-dealkylation sites (tertiary alicyclic amines) is 1. The molecule has 6 heteroatoms. The Morgan fingerprint density at radius 2 is 1.89 bits per heavy atom. The quantitative estimate of drug-likeness (QED) is 0.757. The van der Waals surface area contributed by atoms with Crippen molar-refractivity contribution in [3.8, 4) is 0 Å². The van der Waals surface area contributed by atoms with Gasteiger partial charge in [0.15, 0.2) is 9.84 Å². The Morgan fingerprint density at radius 1 is 1.28 bits per heavy atom. The highest BCUT2D eigenvalue weighted by Gasteiger charge is 2.41. The van der Waals surface area contributed by atoms with E-state index in [0.717, 1.165) is 32.5 Å². The van der Waals surface area contributed by atoms with E-state index in [1.165, 1.54) is 0 Å². The fourth-order valence-corrected chi connectivity index (χ4v) is 4.97. The van der Waals surface area contributed by atoms with E-state index in [1.807, 2.05) is 7.05 Å². The second-order valence-electron chi connectivity index (χ2n) is 5.54. The van der Waals surface area contributed by atoms with Gasteiger partial charge in [-0.05, 0) is 39.5 Å². The summed E-state index contributed by atoms with van der Waals surface area (Å²) in [5, 5.41) is 9.89. The van der Waals surface area contributed by atoms with Gasteiger partial charge in [-0.2, -0.15) is 0 Å². The zero-order chi connectivity index (χ0) is 13.3. The van der Waals surface area contributed by atoms with Crippen LogP contribution in [0.15, 0.2) is 0 Å². The van der Waals surface area contributed by atoms with Crippen molar-refractivity contribution in [3.63, 3.8) is 0 Å². The van der Waals surface area contributed by atoms with Gasteiger partial charge in [0, 0.05) is 6.04 Å². The molecule has 2 rings (SSSR count). The standard InChI is InChI=1S/C12H24N2O3S/c1-3-14-6-4-10(5-7-14)13(2)11-8-18(16,17)9-12(11)15/h10-12,15H,3-9H2,1-2H3/t11-,12-/m1/s1. The van der Waals surface area contributed by atoms with Crippen molar-refractivity contribution in [3.05, 3.63) is 0 Å². The summed E-state index contributed by atoms with van der Waals surface area (Å²) < 4.78 is 23.1. The minimum Gasteiger partial charge on any atom is -0.390 e. The fourth-order valence-electron chi connectivity index (χ4n) is 3.11.